The molecule has 0 aromatic heterocycles. The molecule has 0 heterocycles. The van der Waals surface area contributed by atoms with E-state index in [1.54, 1.807) is 0 Å². The molecule has 0 aliphatic carbocycles. The van der Waals surface area contributed by atoms with Gasteiger partial charge in [-0.3, -0.25) is 13.8 Å². The van der Waals surface area contributed by atoms with E-state index in [0.717, 1.165) is 32.1 Å². The number of unbranched alkanes of at least 4 members (excludes halogenated alkanes) is 24. The molecule has 286 valence electrons. The minimum absolute atomic E-state index is 0.0932. The van der Waals surface area contributed by atoms with Crippen LogP contribution in [0, 0.1) is 0 Å². The van der Waals surface area contributed by atoms with Crippen molar-refractivity contribution in [1.29, 1.82) is 0 Å². The van der Waals surface area contributed by atoms with Gasteiger partial charge in [0.25, 0.3) is 0 Å². The molecule has 0 bridgehead atoms. The zero-order chi connectivity index (χ0) is 35.2. The molecule has 9 heteroatoms. The fraction of sp³-hybridized carbons (Fsp3) is 0.923. The van der Waals surface area contributed by atoms with Gasteiger partial charge in [0.1, 0.15) is 6.10 Å². The molecule has 0 spiro atoms. The molecule has 0 aromatic carbocycles. The van der Waals surface area contributed by atoms with Crippen LogP contribution >= 0.6 is 7.82 Å². The van der Waals surface area contributed by atoms with E-state index in [-0.39, 0.29) is 32.3 Å². The Labute approximate surface area is 296 Å². The van der Waals surface area contributed by atoms with E-state index in [9.17, 15) is 14.3 Å². The molecule has 0 aliphatic rings. The van der Waals surface area contributed by atoms with Crippen LogP contribution < -0.4 is 5.73 Å². The van der Waals surface area contributed by atoms with Crippen molar-refractivity contribution in [2.75, 3.05) is 33.0 Å². The van der Waals surface area contributed by atoms with Crippen LogP contribution in [0.4, 0.5) is 0 Å². The summed E-state index contributed by atoms with van der Waals surface area (Å²) in [5.41, 5.74) is 5.36. The van der Waals surface area contributed by atoms with Gasteiger partial charge >= 0.3 is 13.8 Å². The van der Waals surface area contributed by atoms with E-state index in [0.29, 0.717) is 13.0 Å². The van der Waals surface area contributed by atoms with Crippen molar-refractivity contribution in [3.8, 4) is 0 Å². The van der Waals surface area contributed by atoms with Crippen LogP contribution in [0.5, 0.6) is 0 Å². The molecule has 0 amide bonds. The largest absolute Gasteiger partial charge is 0.472 e. The van der Waals surface area contributed by atoms with Crippen molar-refractivity contribution in [2.24, 2.45) is 5.73 Å². The van der Waals surface area contributed by atoms with Gasteiger partial charge in [0.05, 0.1) is 19.8 Å². The summed E-state index contributed by atoms with van der Waals surface area (Å²) in [7, 11) is -4.27. The highest BCUT2D eigenvalue weighted by molar-refractivity contribution is 7.47. The topological polar surface area (TPSA) is 117 Å². The maximum atomic E-state index is 12.5. The standard InChI is InChI=1S/C39H78NO7P/c1-3-5-7-9-11-13-15-17-18-19-20-21-22-24-26-28-30-32-39(41)47-38(37-46-48(42,43)45-35-33-40)36-44-34-31-29-27-25-23-16-14-12-10-8-6-4-2/h17-18,38H,3-16,19-37,40H2,1-2H3,(H,42,43)/b18-17-. The third kappa shape index (κ3) is 36.5. The average Bonchev–Trinajstić information content (AvgIpc) is 3.07. The lowest BCUT2D eigenvalue weighted by atomic mass is 10.1. The highest BCUT2D eigenvalue weighted by Gasteiger charge is 2.25. The molecule has 0 aliphatic heterocycles. The molecule has 48 heavy (non-hydrogen) atoms. The third-order valence-electron chi connectivity index (χ3n) is 8.68. The molecular formula is C39H78NO7P. The van der Waals surface area contributed by atoms with E-state index in [1.807, 2.05) is 0 Å². The summed E-state index contributed by atoms with van der Waals surface area (Å²) in [5.74, 6) is -0.332. The average molecular weight is 704 g/mol. The number of rotatable bonds is 39. The fourth-order valence-corrected chi connectivity index (χ4v) is 6.46. The van der Waals surface area contributed by atoms with Gasteiger partial charge < -0.3 is 20.1 Å². The summed E-state index contributed by atoms with van der Waals surface area (Å²) in [5, 5.41) is 0. The van der Waals surface area contributed by atoms with Crippen LogP contribution in [-0.4, -0.2) is 49.9 Å². The van der Waals surface area contributed by atoms with Crippen molar-refractivity contribution in [2.45, 2.75) is 200 Å². The quantitative estimate of drug-likeness (QED) is 0.0281. The SMILES string of the molecule is CCCCCCCC/C=C\CCCCCCCCCC(=O)OC(COCCCCCCCCCCCCCC)COP(=O)(O)OCCN. The maximum absolute atomic E-state index is 12.5. The van der Waals surface area contributed by atoms with Gasteiger partial charge in [-0.15, -0.1) is 0 Å². The second-order valence-corrected chi connectivity index (χ2v) is 15.0. The molecule has 0 saturated carbocycles. The van der Waals surface area contributed by atoms with Crippen LogP contribution in [-0.2, 0) is 27.9 Å². The molecule has 0 rings (SSSR count). The number of carbonyl (C=O) groups is 1. The predicted octanol–water partition coefficient (Wildman–Crippen LogP) is 11.5. The maximum Gasteiger partial charge on any atom is 0.472 e. The third-order valence-corrected chi connectivity index (χ3v) is 9.67. The van der Waals surface area contributed by atoms with Gasteiger partial charge in [-0.25, -0.2) is 4.57 Å². The number of nitrogens with two attached hydrogens (primary N) is 1. The summed E-state index contributed by atoms with van der Waals surface area (Å²) in [6.45, 7) is 4.94. The first-order valence-electron chi connectivity index (χ1n) is 20.2. The van der Waals surface area contributed by atoms with Crippen LogP contribution in [0.1, 0.15) is 194 Å². The van der Waals surface area contributed by atoms with Gasteiger partial charge in [-0.05, 0) is 38.5 Å². The van der Waals surface area contributed by atoms with Crippen molar-refractivity contribution >= 4 is 13.8 Å². The number of phosphoric acid groups is 1. The van der Waals surface area contributed by atoms with E-state index < -0.39 is 13.9 Å². The van der Waals surface area contributed by atoms with Crippen LogP contribution in [0.3, 0.4) is 0 Å². The molecule has 0 saturated heterocycles. The first kappa shape index (κ1) is 47.2. The summed E-state index contributed by atoms with van der Waals surface area (Å²) in [4.78, 5) is 22.4. The zero-order valence-corrected chi connectivity index (χ0v) is 32.4. The number of hydrogen-bond donors (Lipinski definition) is 2. The lowest BCUT2D eigenvalue weighted by molar-refractivity contribution is -0.154. The summed E-state index contributed by atoms with van der Waals surface area (Å²) < 4.78 is 33.3. The van der Waals surface area contributed by atoms with Gasteiger partial charge in [0.15, 0.2) is 0 Å². The summed E-state index contributed by atoms with van der Waals surface area (Å²) in [6, 6.07) is 0. The van der Waals surface area contributed by atoms with Gasteiger partial charge in [0, 0.05) is 19.6 Å². The van der Waals surface area contributed by atoms with Crippen molar-refractivity contribution in [1.82, 2.24) is 0 Å². The van der Waals surface area contributed by atoms with Crippen molar-refractivity contribution in [3.63, 3.8) is 0 Å². The molecule has 0 aromatic rings. The highest BCUT2D eigenvalue weighted by Crippen LogP contribution is 2.43. The van der Waals surface area contributed by atoms with Gasteiger partial charge in [0.2, 0.25) is 0 Å². The van der Waals surface area contributed by atoms with Gasteiger partial charge in [-0.1, -0.05) is 161 Å². The Hall–Kier alpha value is -0.760. The van der Waals surface area contributed by atoms with E-state index in [2.05, 4.69) is 26.0 Å². The summed E-state index contributed by atoms with van der Waals surface area (Å²) in [6.07, 6.45) is 37.9. The molecular weight excluding hydrogens is 625 g/mol. The van der Waals surface area contributed by atoms with E-state index >= 15 is 0 Å². The minimum Gasteiger partial charge on any atom is -0.457 e. The van der Waals surface area contributed by atoms with Crippen LogP contribution in [0.25, 0.3) is 0 Å². The first-order valence-corrected chi connectivity index (χ1v) is 21.7. The first-order chi connectivity index (χ1) is 23.4. The number of carbonyl (C=O) groups excluding carboxylic acids is 1. The monoisotopic (exact) mass is 704 g/mol. The number of hydrogen-bond acceptors (Lipinski definition) is 7. The van der Waals surface area contributed by atoms with E-state index in [1.165, 1.54) is 141 Å². The Morgan fingerprint density at radius 3 is 1.52 bits per heavy atom. The lowest BCUT2D eigenvalue weighted by Crippen LogP contribution is -2.28. The molecule has 8 nitrogen and oxygen atoms in total. The number of phosphoric ester groups is 1. The number of ether oxygens (including phenoxy) is 2. The smallest absolute Gasteiger partial charge is 0.457 e. The molecule has 0 radical (unpaired) electrons. The number of esters is 1. The molecule has 0 fully saturated rings. The predicted molar refractivity (Wildman–Crippen MR) is 201 cm³/mol. The highest BCUT2D eigenvalue weighted by atomic mass is 31.2. The second kappa shape index (κ2) is 37.5. The Morgan fingerprint density at radius 2 is 1.04 bits per heavy atom. The number of allylic oxidation sites excluding steroid dienone is 2. The lowest BCUT2D eigenvalue weighted by Gasteiger charge is -2.20. The van der Waals surface area contributed by atoms with Crippen LogP contribution in [0.15, 0.2) is 12.2 Å². The molecule has 3 N–H and O–H groups in total. The molecule has 2 atom stereocenters. The van der Waals surface area contributed by atoms with Crippen molar-refractivity contribution in [3.05, 3.63) is 12.2 Å². The fourth-order valence-electron chi connectivity index (χ4n) is 5.70. The minimum atomic E-state index is -4.27. The zero-order valence-electron chi connectivity index (χ0n) is 31.5. The Morgan fingerprint density at radius 1 is 0.604 bits per heavy atom. The Kier molecular flexibility index (Phi) is 36.9. The molecule has 2 unspecified atom stereocenters. The normalized spacial score (nSPS) is 13.7. The Balaban J connectivity index is 4.03. The van der Waals surface area contributed by atoms with Crippen LogP contribution in [0.2, 0.25) is 0 Å². The summed E-state index contributed by atoms with van der Waals surface area (Å²) >= 11 is 0. The van der Waals surface area contributed by atoms with Crippen molar-refractivity contribution < 1.29 is 32.8 Å². The van der Waals surface area contributed by atoms with Gasteiger partial charge in [-0.2, -0.15) is 0 Å². The van der Waals surface area contributed by atoms with E-state index in [4.69, 9.17) is 24.3 Å². The second-order valence-electron chi connectivity index (χ2n) is 13.5. The Bertz CT molecular complexity index is 752.